The highest BCUT2D eigenvalue weighted by Gasteiger charge is 2.31. The molecule has 2 heterocycles. The maximum absolute atomic E-state index is 6.06. The predicted octanol–water partition coefficient (Wildman–Crippen LogP) is 3.09. The summed E-state index contributed by atoms with van der Waals surface area (Å²) in [6.07, 6.45) is 1.04. The first-order chi connectivity index (χ1) is 6.72. The molecule has 1 saturated heterocycles. The second kappa shape index (κ2) is 4.37. The molecule has 0 bridgehead atoms. The summed E-state index contributed by atoms with van der Waals surface area (Å²) in [6, 6.07) is 1.88. The van der Waals surface area contributed by atoms with E-state index in [0.29, 0.717) is 16.8 Å². The molecule has 0 aromatic carbocycles. The SMILES string of the molecule is NCC1CCOC1c1cc(Cl)sc1Cl. The molecular weight excluding hydrogens is 241 g/mol. The van der Waals surface area contributed by atoms with Crippen molar-refractivity contribution in [3.05, 3.63) is 20.3 Å². The summed E-state index contributed by atoms with van der Waals surface area (Å²) >= 11 is 13.3. The van der Waals surface area contributed by atoms with Crippen LogP contribution in [0, 0.1) is 5.92 Å². The lowest BCUT2D eigenvalue weighted by atomic mass is 9.97. The number of halogens is 2. The largest absolute Gasteiger partial charge is 0.373 e. The first-order valence-electron chi connectivity index (χ1n) is 4.48. The van der Waals surface area contributed by atoms with Crippen molar-refractivity contribution >= 4 is 34.5 Å². The summed E-state index contributed by atoms with van der Waals surface area (Å²) < 4.78 is 7.05. The Morgan fingerprint density at radius 3 is 2.93 bits per heavy atom. The van der Waals surface area contributed by atoms with Crippen LogP contribution in [0.3, 0.4) is 0 Å². The van der Waals surface area contributed by atoms with Gasteiger partial charge in [-0.15, -0.1) is 11.3 Å². The molecule has 2 nitrogen and oxygen atoms in total. The first kappa shape index (κ1) is 10.7. The van der Waals surface area contributed by atoms with E-state index in [9.17, 15) is 0 Å². The van der Waals surface area contributed by atoms with E-state index in [1.165, 1.54) is 11.3 Å². The van der Waals surface area contributed by atoms with Gasteiger partial charge in [0.1, 0.15) is 4.34 Å². The van der Waals surface area contributed by atoms with Crippen molar-refractivity contribution in [3.63, 3.8) is 0 Å². The molecule has 2 atom stereocenters. The summed E-state index contributed by atoms with van der Waals surface area (Å²) in [6.45, 7) is 1.39. The van der Waals surface area contributed by atoms with Gasteiger partial charge >= 0.3 is 0 Å². The van der Waals surface area contributed by atoms with Gasteiger partial charge in [0, 0.05) is 18.1 Å². The summed E-state index contributed by atoms with van der Waals surface area (Å²) in [5.41, 5.74) is 6.66. The van der Waals surface area contributed by atoms with Gasteiger partial charge in [-0.25, -0.2) is 0 Å². The number of hydrogen-bond acceptors (Lipinski definition) is 3. The quantitative estimate of drug-likeness (QED) is 0.877. The minimum absolute atomic E-state index is 0.0382. The smallest absolute Gasteiger partial charge is 0.100 e. The van der Waals surface area contributed by atoms with Crippen LogP contribution in [0.15, 0.2) is 6.07 Å². The van der Waals surface area contributed by atoms with E-state index in [1.54, 1.807) is 0 Å². The maximum Gasteiger partial charge on any atom is 0.100 e. The molecule has 14 heavy (non-hydrogen) atoms. The van der Waals surface area contributed by atoms with Gasteiger partial charge in [-0.05, 0) is 19.0 Å². The highest BCUT2D eigenvalue weighted by atomic mass is 35.5. The third kappa shape index (κ3) is 1.92. The summed E-state index contributed by atoms with van der Waals surface area (Å²) in [5, 5.41) is 0. The number of ether oxygens (including phenoxy) is 1. The fraction of sp³-hybridized carbons (Fsp3) is 0.556. The number of rotatable bonds is 2. The van der Waals surface area contributed by atoms with Crippen molar-refractivity contribution in [1.82, 2.24) is 0 Å². The van der Waals surface area contributed by atoms with Crippen molar-refractivity contribution in [2.45, 2.75) is 12.5 Å². The third-order valence-electron chi connectivity index (χ3n) is 2.51. The second-order valence-electron chi connectivity index (χ2n) is 3.36. The Morgan fingerprint density at radius 2 is 2.36 bits per heavy atom. The molecule has 5 heteroatoms. The molecule has 0 amide bonds. The molecular formula is C9H11Cl2NOS. The van der Waals surface area contributed by atoms with Crippen molar-refractivity contribution < 1.29 is 4.74 Å². The molecule has 1 aromatic heterocycles. The molecule has 1 aliphatic heterocycles. The van der Waals surface area contributed by atoms with Crippen molar-refractivity contribution in [1.29, 1.82) is 0 Å². The van der Waals surface area contributed by atoms with Crippen LogP contribution in [-0.4, -0.2) is 13.2 Å². The average Bonchev–Trinajstić information content (AvgIpc) is 2.71. The lowest BCUT2D eigenvalue weighted by Crippen LogP contribution is -2.17. The fourth-order valence-electron chi connectivity index (χ4n) is 1.77. The topological polar surface area (TPSA) is 35.2 Å². The zero-order valence-electron chi connectivity index (χ0n) is 7.50. The molecule has 1 fully saturated rings. The van der Waals surface area contributed by atoms with Crippen LogP contribution in [0.5, 0.6) is 0 Å². The van der Waals surface area contributed by atoms with E-state index in [2.05, 4.69) is 0 Å². The highest BCUT2D eigenvalue weighted by Crippen LogP contribution is 2.42. The molecule has 0 radical (unpaired) electrons. The zero-order chi connectivity index (χ0) is 10.1. The van der Waals surface area contributed by atoms with Crippen molar-refractivity contribution in [2.24, 2.45) is 11.7 Å². The van der Waals surface area contributed by atoms with Gasteiger partial charge < -0.3 is 10.5 Å². The molecule has 1 aliphatic rings. The average molecular weight is 252 g/mol. The van der Waals surface area contributed by atoms with Crippen molar-refractivity contribution in [3.8, 4) is 0 Å². The number of hydrogen-bond donors (Lipinski definition) is 1. The Kier molecular flexibility index (Phi) is 3.34. The van der Waals surface area contributed by atoms with Gasteiger partial charge in [0.25, 0.3) is 0 Å². The van der Waals surface area contributed by atoms with Gasteiger partial charge in [-0.1, -0.05) is 23.2 Å². The molecule has 2 N–H and O–H groups in total. The first-order valence-corrected chi connectivity index (χ1v) is 6.06. The van der Waals surface area contributed by atoms with E-state index >= 15 is 0 Å². The van der Waals surface area contributed by atoms with Crippen LogP contribution in [0.2, 0.25) is 8.67 Å². The van der Waals surface area contributed by atoms with Crippen LogP contribution in [0.4, 0.5) is 0 Å². The predicted molar refractivity (Wildman–Crippen MR) is 60.2 cm³/mol. The van der Waals surface area contributed by atoms with Crippen LogP contribution in [0.25, 0.3) is 0 Å². The lowest BCUT2D eigenvalue weighted by molar-refractivity contribution is 0.0929. The Hall–Kier alpha value is 0.200. The van der Waals surface area contributed by atoms with Gasteiger partial charge in [-0.3, -0.25) is 0 Å². The molecule has 2 rings (SSSR count). The van der Waals surface area contributed by atoms with Gasteiger partial charge in [0.2, 0.25) is 0 Å². The summed E-state index contributed by atoms with van der Waals surface area (Å²) in [5.74, 6) is 0.373. The van der Waals surface area contributed by atoms with E-state index in [1.807, 2.05) is 6.07 Å². The molecule has 1 aromatic rings. The monoisotopic (exact) mass is 251 g/mol. The minimum atomic E-state index is 0.0382. The van der Waals surface area contributed by atoms with Crippen LogP contribution in [0.1, 0.15) is 18.1 Å². The van der Waals surface area contributed by atoms with E-state index in [4.69, 9.17) is 33.7 Å². The Morgan fingerprint density at radius 1 is 1.57 bits per heavy atom. The maximum atomic E-state index is 6.06. The molecule has 0 saturated carbocycles. The van der Waals surface area contributed by atoms with Crippen LogP contribution >= 0.6 is 34.5 Å². The Balaban J connectivity index is 2.25. The zero-order valence-corrected chi connectivity index (χ0v) is 9.83. The van der Waals surface area contributed by atoms with Crippen LogP contribution in [-0.2, 0) is 4.74 Å². The number of nitrogens with two attached hydrogens (primary N) is 1. The molecule has 2 unspecified atom stereocenters. The number of thiophene rings is 1. The molecule has 0 aliphatic carbocycles. The van der Waals surface area contributed by atoms with E-state index in [0.717, 1.165) is 22.9 Å². The Bertz CT molecular complexity index is 329. The van der Waals surface area contributed by atoms with Gasteiger partial charge in [-0.2, -0.15) is 0 Å². The highest BCUT2D eigenvalue weighted by molar-refractivity contribution is 7.20. The minimum Gasteiger partial charge on any atom is -0.373 e. The fourth-order valence-corrected chi connectivity index (χ4v) is 3.29. The second-order valence-corrected chi connectivity index (χ2v) is 5.64. The third-order valence-corrected chi connectivity index (χ3v) is 4.02. The Labute approximate surface area is 97.0 Å². The molecule has 0 spiro atoms. The summed E-state index contributed by atoms with van der Waals surface area (Å²) in [7, 11) is 0. The van der Waals surface area contributed by atoms with Crippen LogP contribution < -0.4 is 5.73 Å². The lowest BCUT2D eigenvalue weighted by Gasteiger charge is -2.15. The normalized spacial score (nSPS) is 27.1. The summed E-state index contributed by atoms with van der Waals surface area (Å²) in [4.78, 5) is 0. The van der Waals surface area contributed by atoms with Gasteiger partial charge in [0.15, 0.2) is 0 Å². The standard InChI is InChI=1S/C9H11Cl2NOS/c10-7-3-6(9(11)14-7)8-5(4-12)1-2-13-8/h3,5,8H,1-2,4,12H2. The van der Waals surface area contributed by atoms with E-state index in [-0.39, 0.29) is 6.10 Å². The molecule has 78 valence electrons. The van der Waals surface area contributed by atoms with Gasteiger partial charge in [0.05, 0.1) is 10.4 Å². The van der Waals surface area contributed by atoms with Crippen molar-refractivity contribution in [2.75, 3.05) is 13.2 Å². The van der Waals surface area contributed by atoms with E-state index < -0.39 is 0 Å².